The lowest BCUT2D eigenvalue weighted by atomic mass is 10.00. The Morgan fingerprint density at radius 3 is 2.30 bits per heavy atom. The van der Waals surface area contributed by atoms with Crippen molar-refractivity contribution in [1.82, 2.24) is 5.32 Å². The molecule has 0 heterocycles. The van der Waals surface area contributed by atoms with Gasteiger partial charge in [0.2, 0.25) is 0 Å². The third-order valence-electron chi connectivity index (χ3n) is 4.53. The lowest BCUT2D eigenvalue weighted by Crippen LogP contribution is -2.32. The Morgan fingerprint density at radius 1 is 0.867 bits per heavy atom. The molecule has 1 atom stereocenters. The molecule has 0 aliphatic carbocycles. The Bertz CT molecular complexity index is 1010. The number of rotatable bonds is 9. The van der Waals surface area contributed by atoms with E-state index in [9.17, 15) is 9.59 Å². The van der Waals surface area contributed by atoms with Gasteiger partial charge in [0.25, 0.3) is 5.91 Å². The molecule has 0 bridgehead atoms. The number of amides is 1. The Kier molecular flexibility index (Phi) is 7.27. The van der Waals surface area contributed by atoms with Crippen molar-refractivity contribution in [1.29, 1.82) is 0 Å². The van der Waals surface area contributed by atoms with Crippen molar-refractivity contribution in [2.45, 2.75) is 19.9 Å². The van der Waals surface area contributed by atoms with Gasteiger partial charge in [-0.2, -0.15) is 0 Å². The maximum absolute atomic E-state index is 12.2. The maximum Gasteiger partial charge on any atom is 0.344 e. The van der Waals surface area contributed by atoms with Crippen molar-refractivity contribution in [3.63, 3.8) is 0 Å². The fraction of sp³-hybridized carbons (Fsp3) is 0.250. The molecular weight excluding hydrogens is 382 g/mol. The molecule has 1 N–H and O–H groups in total. The smallest absolute Gasteiger partial charge is 0.344 e. The van der Waals surface area contributed by atoms with E-state index in [4.69, 9.17) is 14.2 Å². The molecule has 0 saturated heterocycles. The van der Waals surface area contributed by atoms with Crippen LogP contribution in [0.3, 0.4) is 0 Å². The molecule has 0 spiro atoms. The third kappa shape index (κ3) is 5.50. The molecule has 6 nitrogen and oxygen atoms in total. The van der Waals surface area contributed by atoms with Gasteiger partial charge in [0, 0.05) is 0 Å². The summed E-state index contributed by atoms with van der Waals surface area (Å²) in [4.78, 5) is 24.2. The van der Waals surface area contributed by atoms with E-state index in [0.717, 1.165) is 16.3 Å². The van der Waals surface area contributed by atoms with Crippen LogP contribution in [0.25, 0.3) is 10.8 Å². The number of nitrogens with one attached hydrogen (secondary N) is 1. The zero-order chi connectivity index (χ0) is 21.3. The number of hydrogen-bond donors (Lipinski definition) is 1. The van der Waals surface area contributed by atoms with Gasteiger partial charge in [-0.3, -0.25) is 4.79 Å². The number of carbonyl (C=O) groups is 2. The van der Waals surface area contributed by atoms with Crippen LogP contribution in [0.1, 0.15) is 25.5 Å². The van der Waals surface area contributed by atoms with Crippen LogP contribution in [0.15, 0.2) is 66.7 Å². The molecule has 3 aromatic rings. The summed E-state index contributed by atoms with van der Waals surface area (Å²) in [5.74, 6) is -0.00690. The Hall–Kier alpha value is -3.54. The molecule has 156 valence electrons. The topological polar surface area (TPSA) is 73.9 Å². The molecule has 30 heavy (non-hydrogen) atoms. The van der Waals surface area contributed by atoms with Crippen LogP contribution in [0.5, 0.6) is 11.5 Å². The molecule has 0 aliphatic rings. The average molecular weight is 407 g/mol. The first-order valence-corrected chi connectivity index (χ1v) is 9.85. The Labute approximate surface area is 175 Å². The highest BCUT2D eigenvalue weighted by atomic mass is 16.6. The maximum atomic E-state index is 12.2. The number of carbonyl (C=O) groups excluding carboxylic acids is 2. The summed E-state index contributed by atoms with van der Waals surface area (Å²) in [6, 6.07) is 20.8. The van der Waals surface area contributed by atoms with Crippen LogP contribution in [0.4, 0.5) is 0 Å². The summed E-state index contributed by atoms with van der Waals surface area (Å²) in [6.07, 6.45) is 0. The SMILES string of the molecule is CCOc1ccccc1OCC(=O)OCC(=O)N[C@H](C)c1cccc2ccccc12. The monoisotopic (exact) mass is 407 g/mol. The van der Waals surface area contributed by atoms with E-state index in [2.05, 4.69) is 5.32 Å². The highest BCUT2D eigenvalue weighted by Crippen LogP contribution is 2.26. The summed E-state index contributed by atoms with van der Waals surface area (Å²) in [7, 11) is 0. The van der Waals surface area contributed by atoms with Gasteiger partial charge in [-0.25, -0.2) is 4.79 Å². The number of para-hydroxylation sites is 2. The lowest BCUT2D eigenvalue weighted by molar-refractivity contribution is -0.150. The van der Waals surface area contributed by atoms with Crippen LogP contribution < -0.4 is 14.8 Å². The number of hydrogen-bond acceptors (Lipinski definition) is 5. The van der Waals surface area contributed by atoms with Gasteiger partial charge in [0.05, 0.1) is 12.6 Å². The summed E-state index contributed by atoms with van der Waals surface area (Å²) in [5, 5.41) is 5.05. The van der Waals surface area contributed by atoms with Crippen molar-refractivity contribution < 1.29 is 23.8 Å². The molecule has 0 aromatic heterocycles. The first-order valence-electron chi connectivity index (χ1n) is 9.85. The van der Waals surface area contributed by atoms with Gasteiger partial charge in [0.15, 0.2) is 24.7 Å². The van der Waals surface area contributed by atoms with Gasteiger partial charge in [0.1, 0.15) is 0 Å². The fourth-order valence-electron chi connectivity index (χ4n) is 3.16. The first-order chi connectivity index (χ1) is 14.6. The van der Waals surface area contributed by atoms with E-state index < -0.39 is 5.97 Å². The van der Waals surface area contributed by atoms with E-state index in [0.29, 0.717) is 18.1 Å². The van der Waals surface area contributed by atoms with Crippen molar-refractivity contribution in [3.8, 4) is 11.5 Å². The zero-order valence-corrected chi connectivity index (χ0v) is 17.1. The number of ether oxygens (including phenoxy) is 3. The van der Waals surface area contributed by atoms with Gasteiger partial charge in [-0.15, -0.1) is 0 Å². The Balaban J connectivity index is 1.49. The van der Waals surface area contributed by atoms with Crippen LogP contribution in [0.2, 0.25) is 0 Å². The molecule has 3 rings (SSSR count). The average Bonchev–Trinajstić information content (AvgIpc) is 2.77. The van der Waals surface area contributed by atoms with E-state index in [1.807, 2.05) is 62.4 Å². The first kappa shape index (κ1) is 21.2. The van der Waals surface area contributed by atoms with E-state index in [1.54, 1.807) is 18.2 Å². The summed E-state index contributed by atoms with van der Waals surface area (Å²) >= 11 is 0. The molecule has 6 heteroatoms. The minimum atomic E-state index is -0.630. The van der Waals surface area contributed by atoms with Crippen molar-refractivity contribution in [2.24, 2.45) is 0 Å². The molecule has 1 amide bonds. The second kappa shape index (κ2) is 10.3. The summed E-state index contributed by atoms with van der Waals surface area (Å²) in [6.45, 7) is 3.57. The Morgan fingerprint density at radius 2 is 1.53 bits per heavy atom. The molecule has 0 aliphatic heterocycles. The highest BCUT2D eigenvalue weighted by molar-refractivity contribution is 5.87. The largest absolute Gasteiger partial charge is 0.490 e. The van der Waals surface area contributed by atoms with Gasteiger partial charge in [-0.05, 0) is 42.3 Å². The standard InChI is InChI=1S/C24H25NO5/c1-3-28-21-13-6-7-14-22(21)29-16-24(27)30-15-23(26)25-17(2)19-12-8-10-18-9-4-5-11-20(18)19/h4-14,17H,3,15-16H2,1-2H3,(H,25,26)/t17-/m1/s1. The minimum absolute atomic E-state index is 0.225. The zero-order valence-electron chi connectivity index (χ0n) is 17.1. The molecule has 0 unspecified atom stereocenters. The van der Waals surface area contributed by atoms with Crippen molar-refractivity contribution in [3.05, 3.63) is 72.3 Å². The van der Waals surface area contributed by atoms with E-state index >= 15 is 0 Å². The van der Waals surface area contributed by atoms with Crippen molar-refractivity contribution >= 4 is 22.6 Å². The molecule has 0 radical (unpaired) electrons. The minimum Gasteiger partial charge on any atom is -0.490 e. The third-order valence-corrected chi connectivity index (χ3v) is 4.53. The van der Waals surface area contributed by atoms with Crippen LogP contribution in [0, 0.1) is 0 Å². The predicted molar refractivity (Wildman–Crippen MR) is 115 cm³/mol. The quantitative estimate of drug-likeness (QED) is 0.542. The normalized spacial score (nSPS) is 11.5. The number of esters is 1. The second-order valence-electron chi connectivity index (χ2n) is 6.69. The second-order valence-corrected chi connectivity index (χ2v) is 6.69. The fourth-order valence-corrected chi connectivity index (χ4v) is 3.16. The molecule has 3 aromatic carbocycles. The molecule has 0 saturated carbocycles. The highest BCUT2D eigenvalue weighted by Gasteiger charge is 2.14. The van der Waals surface area contributed by atoms with Gasteiger partial charge in [-0.1, -0.05) is 54.6 Å². The summed E-state index contributed by atoms with van der Waals surface area (Å²) < 4.78 is 15.9. The number of fused-ring (bicyclic) bond motifs is 1. The van der Waals surface area contributed by atoms with Crippen LogP contribution in [-0.2, 0) is 14.3 Å². The van der Waals surface area contributed by atoms with E-state index in [-0.39, 0.29) is 25.2 Å². The van der Waals surface area contributed by atoms with E-state index in [1.165, 1.54) is 0 Å². The molecular formula is C24H25NO5. The van der Waals surface area contributed by atoms with Crippen LogP contribution >= 0.6 is 0 Å². The lowest BCUT2D eigenvalue weighted by Gasteiger charge is -2.17. The van der Waals surface area contributed by atoms with Crippen LogP contribution in [-0.4, -0.2) is 31.7 Å². The van der Waals surface area contributed by atoms with Gasteiger partial charge < -0.3 is 19.5 Å². The predicted octanol–water partition coefficient (Wildman–Crippen LogP) is 4.04. The van der Waals surface area contributed by atoms with Gasteiger partial charge >= 0.3 is 5.97 Å². The van der Waals surface area contributed by atoms with Crippen molar-refractivity contribution in [2.75, 3.05) is 19.8 Å². The molecule has 0 fully saturated rings. The number of benzene rings is 3. The summed E-state index contributed by atoms with van der Waals surface area (Å²) in [5.41, 5.74) is 1.00.